The van der Waals surface area contributed by atoms with Crippen LogP contribution in [0.1, 0.15) is 19.3 Å². The van der Waals surface area contributed by atoms with Gasteiger partial charge in [-0.1, -0.05) is 6.42 Å². The van der Waals surface area contributed by atoms with Gasteiger partial charge in [-0.3, -0.25) is 4.90 Å². The molecule has 1 rings (SSSR count). The van der Waals surface area contributed by atoms with Gasteiger partial charge in [0.25, 0.3) is 0 Å². The van der Waals surface area contributed by atoms with Crippen LogP contribution < -0.4 is 0 Å². The minimum Gasteiger partial charge on any atom is -0.298 e. The molecule has 0 saturated heterocycles. The standard InChI is InChI=1S/C9H16F3NS/c1-13(6-9(10,11)12)5-8(7-14)3-2-4-8/h14H,2-7H2,1H3. The van der Waals surface area contributed by atoms with E-state index in [1.54, 1.807) is 0 Å². The molecule has 0 N–H and O–H groups in total. The predicted octanol–water partition coefficient (Wildman–Crippen LogP) is 2.58. The number of alkyl halides is 3. The molecule has 1 aliphatic carbocycles. The van der Waals surface area contributed by atoms with E-state index < -0.39 is 12.7 Å². The third-order valence-electron chi connectivity index (χ3n) is 2.80. The van der Waals surface area contributed by atoms with E-state index in [1.165, 1.54) is 11.9 Å². The summed E-state index contributed by atoms with van der Waals surface area (Å²) in [5.74, 6) is 0.690. The molecule has 1 fully saturated rings. The first-order valence-electron chi connectivity index (χ1n) is 4.73. The van der Waals surface area contributed by atoms with Crippen molar-refractivity contribution in [3.05, 3.63) is 0 Å². The van der Waals surface area contributed by atoms with E-state index in [0.717, 1.165) is 19.3 Å². The second-order valence-electron chi connectivity index (χ2n) is 4.30. The number of hydrogen-bond donors (Lipinski definition) is 1. The predicted molar refractivity (Wildman–Crippen MR) is 53.7 cm³/mol. The molecule has 0 aliphatic heterocycles. The maximum absolute atomic E-state index is 12.0. The maximum Gasteiger partial charge on any atom is 0.401 e. The van der Waals surface area contributed by atoms with Gasteiger partial charge in [0.05, 0.1) is 6.54 Å². The highest BCUT2D eigenvalue weighted by Crippen LogP contribution is 2.42. The van der Waals surface area contributed by atoms with E-state index in [1.807, 2.05) is 0 Å². The monoisotopic (exact) mass is 227 g/mol. The Kier molecular flexibility index (Phi) is 3.75. The number of halogens is 3. The van der Waals surface area contributed by atoms with Crippen LogP contribution in [0, 0.1) is 5.41 Å². The summed E-state index contributed by atoms with van der Waals surface area (Å²) in [7, 11) is 1.52. The van der Waals surface area contributed by atoms with E-state index in [-0.39, 0.29) is 5.41 Å². The first-order chi connectivity index (χ1) is 6.37. The lowest BCUT2D eigenvalue weighted by molar-refractivity contribution is -0.146. The first kappa shape index (κ1) is 12.2. The third-order valence-corrected chi connectivity index (χ3v) is 3.47. The molecule has 0 bridgehead atoms. The minimum atomic E-state index is -4.09. The first-order valence-corrected chi connectivity index (χ1v) is 5.36. The molecule has 1 aliphatic rings. The highest BCUT2D eigenvalue weighted by Gasteiger charge is 2.38. The third kappa shape index (κ3) is 3.35. The fourth-order valence-corrected chi connectivity index (χ4v) is 2.39. The lowest BCUT2D eigenvalue weighted by atomic mass is 9.70. The number of nitrogens with zero attached hydrogens (tertiary/aromatic N) is 1. The van der Waals surface area contributed by atoms with Crippen LogP contribution in [-0.4, -0.2) is 37.0 Å². The van der Waals surface area contributed by atoms with Crippen LogP contribution in [0.2, 0.25) is 0 Å². The lowest BCUT2D eigenvalue weighted by Gasteiger charge is -2.43. The minimum absolute atomic E-state index is 0.0448. The molecular weight excluding hydrogens is 211 g/mol. The quantitative estimate of drug-likeness (QED) is 0.722. The molecule has 1 nitrogen and oxygen atoms in total. The van der Waals surface area contributed by atoms with E-state index in [9.17, 15) is 13.2 Å². The van der Waals surface area contributed by atoms with Crippen LogP contribution in [-0.2, 0) is 0 Å². The molecule has 0 unspecified atom stereocenters. The van der Waals surface area contributed by atoms with Crippen molar-refractivity contribution in [2.75, 3.05) is 25.9 Å². The largest absolute Gasteiger partial charge is 0.401 e. The zero-order valence-electron chi connectivity index (χ0n) is 8.27. The molecule has 0 radical (unpaired) electrons. The second-order valence-corrected chi connectivity index (χ2v) is 4.62. The summed E-state index contributed by atoms with van der Waals surface area (Å²) in [5, 5.41) is 0. The normalized spacial score (nSPS) is 21.0. The summed E-state index contributed by atoms with van der Waals surface area (Å²) < 4.78 is 36.1. The molecule has 0 spiro atoms. The van der Waals surface area contributed by atoms with Crippen molar-refractivity contribution in [3.8, 4) is 0 Å². The van der Waals surface area contributed by atoms with E-state index in [0.29, 0.717) is 12.3 Å². The second kappa shape index (κ2) is 4.31. The summed E-state index contributed by atoms with van der Waals surface area (Å²) in [6.45, 7) is -0.307. The Labute approximate surface area is 88.1 Å². The Morgan fingerprint density at radius 3 is 2.21 bits per heavy atom. The lowest BCUT2D eigenvalue weighted by Crippen LogP contribution is -2.44. The van der Waals surface area contributed by atoms with E-state index in [4.69, 9.17) is 0 Å². The average molecular weight is 227 g/mol. The fourth-order valence-electron chi connectivity index (χ4n) is 1.98. The van der Waals surface area contributed by atoms with Crippen LogP contribution in [0.25, 0.3) is 0 Å². The summed E-state index contributed by atoms with van der Waals surface area (Å²) in [6.07, 6.45) is -0.936. The highest BCUT2D eigenvalue weighted by molar-refractivity contribution is 7.80. The highest BCUT2D eigenvalue weighted by atomic mass is 32.1. The fraction of sp³-hybridized carbons (Fsp3) is 1.00. The Hall–Kier alpha value is 0.100. The van der Waals surface area contributed by atoms with Gasteiger partial charge in [-0.15, -0.1) is 0 Å². The summed E-state index contributed by atoms with van der Waals surface area (Å²) in [6, 6.07) is 0. The van der Waals surface area contributed by atoms with Crippen molar-refractivity contribution in [3.63, 3.8) is 0 Å². The van der Waals surface area contributed by atoms with Crippen molar-refractivity contribution in [1.82, 2.24) is 4.90 Å². The van der Waals surface area contributed by atoms with Crippen LogP contribution in [0.5, 0.6) is 0 Å². The Balaban J connectivity index is 2.36. The molecule has 0 aromatic heterocycles. The molecule has 0 atom stereocenters. The topological polar surface area (TPSA) is 3.24 Å². The molecule has 1 saturated carbocycles. The average Bonchev–Trinajstić information content (AvgIpc) is 1.93. The van der Waals surface area contributed by atoms with E-state index >= 15 is 0 Å². The van der Waals surface area contributed by atoms with Gasteiger partial charge >= 0.3 is 6.18 Å². The van der Waals surface area contributed by atoms with E-state index in [2.05, 4.69) is 12.6 Å². The maximum atomic E-state index is 12.0. The smallest absolute Gasteiger partial charge is 0.298 e. The molecular formula is C9H16F3NS. The molecule has 0 amide bonds. The van der Waals surface area contributed by atoms with Crippen LogP contribution >= 0.6 is 12.6 Å². The van der Waals surface area contributed by atoms with Gasteiger partial charge < -0.3 is 0 Å². The van der Waals surface area contributed by atoms with Crippen LogP contribution in [0.3, 0.4) is 0 Å². The van der Waals surface area contributed by atoms with Gasteiger partial charge in [0, 0.05) is 6.54 Å². The van der Waals surface area contributed by atoms with Crippen molar-refractivity contribution in [1.29, 1.82) is 0 Å². The Morgan fingerprint density at radius 2 is 1.93 bits per heavy atom. The van der Waals surface area contributed by atoms with Gasteiger partial charge in [-0.05, 0) is 31.1 Å². The van der Waals surface area contributed by atoms with Crippen molar-refractivity contribution < 1.29 is 13.2 Å². The van der Waals surface area contributed by atoms with Crippen LogP contribution in [0.4, 0.5) is 13.2 Å². The van der Waals surface area contributed by atoms with Gasteiger partial charge in [0.1, 0.15) is 0 Å². The molecule has 0 heterocycles. The van der Waals surface area contributed by atoms with Crippen molar-refractivity contribution in [2.45, 2.75) is 25.4 Å². The molecule has 84 valence electrons. The van der Waals surface area contributed by atoms with Crippen LogP contribution in [0.15, 0.2) is 0 Å². The van der Waals surface area contributed by atoms with Gasteiger partial charge in [-0.2, -0.15) is 25.8 Å². The number of thiol groups is 1. The number of hydrogen-bond acceptors (Lipinski definition) is 2. The molecule has 0 aromatic carbocycles. The number of rotatable bonds is 4. The Bertz CT molecular complexity index is 183. The van der Waals surface area contributed by atoms with Gasteiger partial charge in [0.2, 0.25) is 0 Å². The van der Waals surface area contributed by atoms with Gasteiger partial charge in [-0.25, -0.2) is 0 Å². The summed E-state index contributed by atoms with van der Waals surface area (Å²) in [5.41, 5.74) is 0.0448. The molecule has 5 heteroatoms. The van der Waals surface area contributed by atoms with Crippen molar-refractivity contribution in [2.24, 2.45) is 5.41 Å². The van der Waals surface area contributed by atoms with Gasteiger partial charge in [0.15, 0.2) is 0 Å². The molecule has 0 aromatic rings. The molecule has 14 heavy (non-hydrogen) atoms. The summed E-state index contributed by atoms with van der Waals surface area (Å²) in [4.78, 5) is 1.36. The summed E-state index contributed by atoms with van der Waals surface area (Å²) >= 11 is 4.21. The van der Waals surface area contributed by atoms with Crippen molar-refractivity contribution >= 4 is 12.6 Å². The zero-order chi connectivity index (χ0) is 10.8. The zero-order valence-corrected chi connectivity index (χ0v) is 9.17. The SMILES string of the molecule is CN(CC(F)(F)F)CC1(CS)CCC1. The Morgan fingerprint density at radius 1 is 1.36 bits per heavy atom.